The molecule has 0 unspecified atom stereocenters. The molecule has 0 aliphatic heterocycles. The van der Waals surface area contributed by atoms with Gasteiger partial charge in [-0.1, -0.05) is 29.8 Å². The van der Waals surface area contributed by atoms with Crippen LogP contribution in [0, 0.1) is 6.92 Å². The second-order valence-electron chi connectivity index (χ2n) is 7.76. The number of amides is 2. The van der Waals surface area contributed by atoms with Gasteiger partial charge in [-0.15, -0.1) is 0 Å². The number of carbonyl (C=O) groups excluding carboxylic acids is 2. The molecule has 0 saturated carbocycles. The molecule has 0 spiro atoms. The van der Waals surface area contributed by atoms with Crippen LogP contribution in [0.15, 0.2) is 53.4 Å². The molecular formula is C21H27N3O4S. The molecule has 7 nitrogen and oxygen atoms in total. The second kappa shape index (κ2) is 9.19. The van der Waals surface area contributed by atoms with Gasteiger partial charge in [0.05, 0.1) is 16.1 Å². The molecule has 8 heteroatoms. The van der Waals surface area contributed by atoms with Crippen molar-refractivity contribution >= 4 is 27.5 Å². The van der Waals surface area contributed by atoms with E-state index in [9.17, 15) is 18.0 Å². The molecule has 29 heavy (non-hydrogen) atoms. The first-order valence-electron chi connectivity index (χ1n) is 9.26. The van der Waals surface area contributed by atoms with E-state index in [0.29, 0.717) is 11.3 Å². The van der Waals surface area contributed by atoms with Crippen molar-refractivity contribution in [2.75, 3.05) is 11.9 Å². The highest BCUT2D eigenvalue weighted by molar-refractivity contribution is 7.89. The van der Waals surface area contributed by atoms with E-state index >= 15 is 0 Å². The molecule has 0 fully saturated rings. The Morgan fingerprint density at radius 3 is 2.21 bits per heavy atom. The van der Waals surface area contributed by atoms with E-state index in [1.807, 2.05) is 27.7 Å². The minimum absolute atomic E-state index is 0.0571. The fraction of sp³-hybridized carbons (Fsp3) is 0.333. The molecule has 0 bridgehead atoms. The Balaban J connectivity index is 1.96. The average molecular weight is 418 g/mol. The number of para-hydroxylation sites is 1. The van der Waals surface area contributed by atoms with Crippen LogP contribution in [0.5, 0.6) is 0 Å². The number of nitrogens with one attached hydrogen (secondary N) is 3. The van der Waals surface area contributed by atoms with E-state index in [2.05, 4.69) is 15.4 Å². The minimum atomic E-state index is -3.68. The van der Waals surface area contributed by atoms with Crippen molar-refractivity contribution in [3.05, 3.63) is 59.7 Å². The van der Waals surface area contributed by atoms with Crippen LogP contribution < -0.4 is 15.4 Å². The molecule has 156 valence electrons. The summed E-state index contributed by atoms with van der Waals surface area (Å²) in [4.78, 5) is 24.8. The van der Waals surface area contributed by atoms with Gasteiger partial charge < -0.3 is 10.6 Å². The van der Waals surface area contributed by atoms with Crippen molar-refractivity contribution in [1.82, 2.24) is 10.0 Å². The molecule has 3 N–H and O–H groups in total. The highest BCUT2D eigenvalue weighted by atomic mass is 32.2. The highest BCUT2D eigenvalue weighted by Crippen LogP contribution is 2.16. The van der Waals surface area contributed by atoms with E-state index in [1.165, 1.54) is 12.1 Å². The van der Waals surface area contributed by atoms with Gasteiger partial charge in [-0.3, -0.25) is 9.59 Å². The van der Waals surface area contributed by atoms with Crippen molar-refractivity contribution in [3.63, 3.8) is 0 Å². The van der Waals surface area contributed by atoms with E-state index in [-0.39, 0.29) is 23.8 Å². The molecule has 2 aromatic rings. The lowest BCUT2D eigenvalue weighted by atomic mass is 10.1. The quantitative estimate of drug-likeness (QED) is 0.644. The lowest BCUT2D eigenvalue weighted by Gasteiger charge is -2.21. The first-order chi connectivity index (χ1) is 13.5. The number of carbonyl (C=O) groups is 2. The van der Waals surface area contributed by atoms with E-state index < -0.39 is 21.5 Å². The number of anilines is 1. The molecule has 0 heterocycles. The van der Waals surface area contributed by atoms with Gasteiger partial charge in [0, 0.05) is 18.5 Å². The average Bonchev–Trinajstić information content (AvgIpc) is 2.61. The first-order valence-corrected chi connectivity index (χ1v) is 10.7. The lowest BCUT2D eigenvalue weighted by molar-refractivity contribution is -0.116. The summed E-state index contributed by atoms with van der Waals surface area (Å²) >= 11 is 0. The van der Waals surface area contributed by atoms with Crippen LogP contribution in [0.2, 0.25) is 0 Å². The summed E-state index contributed by atoms with van der Waals surface area (Å²) in [6.45, 7) is 7.41. The Morgan fingerprint density at radius 1 is 0.966 bits per heavy atom. The highest BCUT2D eigenvalue weighted by Gasteiger charge is 2.19. The van der Waals surface area contributed by atoms with Crippen LogP contribution in [-0.4, -0.2) is 32.3 Å². The molecule has 0 aliphatic rings. The summed E-state index contributed by atoms with van der Waals surface area (Å²) in [5.41, 5.74) is 1.26. The van der Waals surface area contributed by atoms with Gasteiger partial charge in [-0.25, -0.2) is 13.1 Å². The first kappa shape index (κ1) is 22.6. The van der Waals surface area contributed by atoms with Crippen molar-refractivity contribution in [1.29, 1.82) is 0 Å². The Bertz CT molecular complexity index is 978. The fourth-order valence-corrected chi connectivity index (χ4v) is 3.54. The third-order valence-electron chi connectivity index (χ3n) is 3.91. The van der Waals surface area contributed by atoms with Crippen LogP contribution in [0.25, 0.3) is 0 Å². The van der Waals surface area contributed by atoms with Gasteiger partial charge in [-0.05, 0) is 52.0 Å². The summed E-state index contributed by atoms with van der Waals surface area (Å²) in [6.07, 6.45) is -0.0691. The van der Waals surface area contributed by atoms with E-state index in [4.69, 9.17) is 0 Å². The Hall–Kier alpha value is -2.71. The Labute approximate surface area is 172 Å². The maximum absolute atomic E-state index is 12.4. The molecule has 0 aromatic heterocycles. The third kappa shape index (κ3) is 6.99. The molecule has 2 aromatic carbocycles. The largest absolute Gasteiger partial charge is 0.347 e. The summed E-state index contributed by atoms with van der Waals surface area (Å²) < 4.78 is 26.9. The van der Waals surface area contributed by atoms with Crippen LogP contribution in [0.4, 0.5) is 5.69 Å². The molecule has 2 amide bonds. The van der Waals surface area contributed by atoms with Crippen LogP contribution in [0.3, 0.4) is 0 Å². The third-order valence-corrected chi connectivity index (χ3v) is 5.39. The maximum atomic E-state index is 12.4. The molecule has 2 rings (SSSR count). The smallest absolute Gasteiger partial charge is 0.253 e. The number of aryl methyl sites for hydroxylation is 1. The monoisotopic (exact) mass is 417 g/mol. The van der Waals surface area contributed by atoms with E-state index in [1.54, 1.807) is 36.4 Å². The Kier molecular flexibility index (Phi) is 7.16. The van der Waals surface area contributed by atoms with Gasteiger partial charge in [0.2, 0.25) is 15.9 Å². The standard InChI is InChI=1S/C21H27N3O4S/c1-15-9-11-16(12-10-15)29(27,28)22-14-13-19(25)23-18-8-6-5-7-17(18)20(26)24-21(2,3)4/h5-12,22H,13-14H2,1-4H3,(H,23,25)(H,24,26). The fourth-order valence-electron chi connectivity index (χ4n) is 2.51. The number of benzene rings is 2. The van der Waals surface area contributed by atoms with Gasteiger partial charge in [0.25, 0.3) is 5.91 Å². The SMILES string of the molecule is Cc1ccc(S(=O)(=O)NCCC(=O)Nc2ccccc2C(=O)NC(C)(C)C)cc1. The number of hydrogen-bond acceptors (Lipinski definition) is 4. The number of rotatable bonds is 7. The zero-order chi connectivity index (χ0) is 21.7. The predicted octanol–water partition coefficient (Wildman–Crippen LogP) is 2.83. The van der Waals surface area contributed by atoms with Crippen molar-refractivity contribution in [3.8, 4) is 0 Å². The zero-order valence-corrected chi connectivity index (χ0v) is 17.9. The molecule has 0 aliphatic carbocycles. The molecule has 0 radical (unpaired) electrons. The predicted molar refractivity (Wildman–Crippen MR) is 113 cm³/mol. The maximum Gasteiger partial charge on any atom is 0.253 e. The van der Waals surface area contributed by atoms with Crippen LogP contribution in [0.1, 0.15) is 43.1 Å². The minimum Gasteiger partial charge on any atom is -0.347 e. The topological polar surface area (TPSA) is 104 Å². The van der Waals surface area contributed by atoms with Crippen LogP contribution in [-0.2, 0) is 14.8 Å². The van der Waals surface area contributed by atoms with Crippen molar-refractivity contribution < 1.29 is 18.0 Å². The van der Waals surface area contributed by atoms with Crippen molar-refractivity contribution in [2.24, 2.45) is 0 Å². The normalized spacial score (nSPS) is 11.7. The summed E-state index contributed by atoms with van der Waals surface area (Å²) in [5, 5.41) is 5.53. The van der Waals surface area contributed by atoms with Gasteiger partial charge >= 0.3 is 0 Å². The molecular weight excluding hydrogens is 390 g/mol. The van der Waals surface area contributed by atoms with Crippen molar-refractivity contribution in [2.45, 2.75) is 44.6 Å². The second-order valence-corrected chi connectivity index (χ2v) is 9.53. The lowest BCUT2D eigenvalue weighted by Crippen LogP contribution is -2.40. The Morgan fingerprint density at radius 2 is 1.59 bits per heavy atom. The number of hydrogen-bond donors (Lipinski definition) is 3. The summed E-state index contributed by atoms with van der Waals surface area (Å²) in [7, 11) is -3.68. The summed E-state index contributed by atoms with van der Waals surface area (Å²) in [5.74, 6) is -0.693. The zero-order valence-electron chi connectivity index (χ0n) is 17.1. The van der Waals surface area contributed by atoms with Crippen LogP contribution >= 0.6 is 0 Å². The van der Waals surface area contributed by atoms with E-state index in [0.717, 1.165) is 5.56 Å². The molecule has 0 saturated heterocycles. The summed E-state index contributed by atoms with van der Waals surface area (Å²) in [6, 6.07) is 13.1. The van der Waals surface area contributed by atoms with Gasteiger partial charge in [0.15, 0.2) is 0 Å². The van der Waals surface area contributed by atoms with Gasteiger partial charge in [-0.2, -0.15) is 0 Å². The number of sulfonamides is 1. The van der Waals surface area contributed by atoms with Gasteiger partial charge in [0.1, 0.15) is 0 Å². The molecule has 0 atom stereocenters.